The number of hydrogen-bond acceptors (Lipinski definition) is 3. The summed E-state index contributed by atoms with van der Waals surface area (Å²) in [5.41, 5.74) is 0.908. The van der Waals surface area contributed by atoms with E-state index >= 15 is 0 Å². The monoisotopic (exact) mass is 304 g/mol. The third-order valence-electron chi connectivity index (χ3n) is 3.80. The zero-order valence-electron chi connectivity index (χ0n) is 12.3. The molecule has 118 valence electrons. The van der Waals surface area contributed by atoms with E-state index < -0.39 is 6.09 Å². The predicted molar refractivity (Wildman–Crippen MR) is 80.4 cm³/mol. The molecule has 2 saturated heterocycles. The zero-order valence-corrected chi connectivity index (χ0v) is 12.3. The van der Waals surface area contributed by atoms with E-state index in [0.717, 1.165) is 31.5 Å². The summed E-state index contributed by atoms with van der Waals surface area (Å²) in [6.45, 7) is 1.46. The van der Waals surface area contributed by atoms with Crippen molar-refractivity contribution in [2.45, 2.75) is 31.6 Å². The normalized spacial score (nSPS) is 20.9. The summed E-state index contributed by atoms with van der Waals surface area (Å²) >= 11 is 0. The molecule has 2 fully saturated rings. The zero-order chi connectivity index (χ0) is 15.9. The lowest BCUT2D eigenvalue weighted by Gasteiger charge is -2.22. The molecule has 3 amide bonds. The van der Waals surface area contributed by atoms with E-state index in [1.807, 2.05) is 30.3 Å². The highest BCUT2D eigenvalue weighted by Gasteiger charge is 2.31. The van der Waals surface area contributed by atoms with Crippen LogP contribution >= 0.6 is 0 Å². The van der Waals surface area contributed by atoms with Crippen molar-refractivity contribution in [3.63, 3.8) is 0 Å². The Morgan fingerprint density at radius 3 is 2.18 bits per heavy atom. The molecule has 22 heavy (non-hydrogen) atoms. The van der Waals surface area contributed by atoms with Gasteiger partial charge in [0.15, 0.2) is 0 Å². The van der Waals surface area contributed by atoms with Crippen LogP contribution in [-0.2, 0) is 9.59 Å². The fourth-order valence-corrected chi connectivity index (χ4v) is 2.59. The molecule has 6 heteroatoms. The summed E-state index contributed by atoms with van der Waals surface area (Å²) < 4.78 is 0. The summed E-state index contributed by atoms with van der Waals surface area (Å²) in [6, 6.07) is 9.35. The lowest BCUT2D eigenvalue weighted by Crippen LogP contribution is -2.34. The van der Waals surface area contributed by atoms with Crippen LogP contribution in [0.15, 0.2) is 30.3 Å². The van der Waals surface area contributed by atoms with Crippen LogP contribution in [-0.4, -0.2) is 41.0 Å². The number of benzene rings is 1. The minimum absolute atomic E-state index is 0.182. The first-order chi connectivity index (χ1) is 10.6. The van der Waals surface area contributed by atoms with Crippen molar-refractivity contribution >= 4 is 17.9 Å². The SMILES string of the molecule is O=C(O)N1CCCCC1.O=C1CC(c2ccccc2)C(=O)N1. The molecule has 2 heterocycles. The van der Waals surface area contributed by atoms with Gasteiger partial charge in [0, 0.05) is 19.5 Å². The van der Waals surface area contributed by atoms with Crippen molar-refractivity contribution in [1.82, 2.24) is 10.2 Å². The first-order valence-corrected chi connectivity index (χ1v) is 7.44. The Morgan fingerprint density at radius 1 is 1.09 bits per heavy atom. The number of rotatable bonds is 1. The molecule has 0 bridgehead atoms. The van der Waals surface area contributed by atoms with Crippen LogP contribution in [0.3, 0.4) is 0 Å². The largest absolute Gasteiger partial charge is 0.465 e. The summed E-state index contributed by atoms with van der Waals surface area (Å²) in [5, 5.41) is 10.8. The van der Waals surface area contributed by atoms with Crippen LogP contribution in [0.25, 0.3) is 0 Å². The molecule has 0 aliphatic carbocycles. The molecule has 0 radical (unpaired) electrons. The van der Waals surface area contributed by atoms with E-state index in [-0.39, 0.29) is 24.2 Å². The van der Waals surface area contributed by atoms with Gasteiger partial charge < -0.3 is 10.0 Å². The number of carbonyl (C=O) groups is 3. The number of carboxylic acid groups (broad SMARTS) is 1. The summed E-state index contributed by atoms with van der Waals surface area (Å²) in [5.74, 6) is -0.649. The van der Waals surface area contributed by atoms with Gasteiger partial charge in [0.1, 0.15) is 0 Å². The van der Waals surface area contributed by atoms with Gasteiger partial charge in [-0.05, 0) is 24.8 Å². The van der Waals surface area contributed by atoms with Crippen molar-refractivity contribution in [2.24, 2.45) is 0 Å². The Kier molecular flexibility index (Phi) is 5.52. The Morgan fingerprint density at radius 2 is 1.73 bits per heavy atom. The van der Waals surface area contributed by atoms with E-state index in [2.05, 4.69) is 5.32 Å². The molecule has 2 N–H and O–H groups in total. The average molecular weight is 304 g/mol. The second-order valence-corrected chi connectivity index (χ2v) is 5.41. The lowest BCUT2D eigenvalue weighted by molar-refractivity contribution is -0.125. The van der Waals surface area contributed by atoms with Gasteiger partial charge in [-0.25, -0.2) is 4.79 Å². The lowest BCUT2D eigenvalue weighted by atomic mass is 9.98. The van der Waals surface area contributed by atoms with Crippen LogP contribution in [0.5, 0.6) is 0 Å². The molecule has 1 unspecified atom stereocenters. The van der Waals surface area contributed by atoms with Crippen LogP contribution in [0.1, 0.15) is 37.2 Å². The van der Waals surface area contributed by atoms with Gasteiger partial charge in [0.25, 0.3) is 0 Å². The molecular formula is C16H20N2O4. The minimum atomic E-state index is -0.769. The van der Waals surface area contributed by atoms with Crippen molar-refractivity contribution in [1.29, 1.82) is 0 Å². The molecule has 0 saturated carbocycles. The van der Waals surface area contributed by atoms with Gasteiger partial charge in [0.2, 0.25) is 11.8 Å². The van der Waals surface area contributed by atoms with Gasteiger partial charge >= 0.3 is 6.09 Å². The molecule has 1 aromatic carbocycles. The molecule has 0 aromatic heterocycles. The highest BCUT2D eigenvalue weighted by molar-refractivity contribution is 6.06. The number of nitrogens with zero attached hydrogens (tertiary/aromatic N) is 1. The fraction of sp³-hybridized carbons (Fsp3) is 0.438. The smallest absolute Gasteiger partial charge is 0.407 e. The third-order valence-corrected chi connectivity index (χ3v) is 3.80. The molecule has 2 aliphatic heterocycles. The molecule has 0 spiro atoms. The quantitative estimate of drug-likeness (QED) is 0.777. The topological polar surface area (TPSA) is 86.7 Å². The second kappa shape index (κ2) is 7.59. The molecular weight excluding hydrogens is 284 g/mol. The maximum atomic E-state index is 11.3. The van der Waals surface area contributed by atoms with Crippen molar-refractivity contribution < 1.29 is 19.5 Å². The highest BCUT2D eigenvalue weighted by Crippen LogP contribution is 2.23. The number of hydrogen-bond donors (Lipinski definition) is 2. The maximum Gasteiger partial charge on any atom is 0.407 e. The van der Waals surface area contributed by atoms with Gasteiger partial charge in [-0.1, -0.05) is 30.3 Å². The van der Waals surface area contributed by atoms with E-state index in [1.54, 1.807) is 0 Å². The number of likely N-dealkylation sites (tertiary alicyclic amines) is 1. The first-order valence-electron chi connectivity index (χ1n) is 7.44. The number of nitrogens with one attached hydrogen (secondary N) is 1. The van der Waals surface area contributed by atoms with E-state index in [4.69, 9.17) is 5.11 Å². The molecule has 2 aliphatic rings. The van der Waals surface area contributed by atoms with Gasteiger partial charge in [-0.2, -0.15) is 0 Å². The van der Waals surface area contributed by atoms with Crippen LogP contribution in [0.2, 0.25) is 0 Å². The average Bonchev–Trinajstić information content (AvgIpc) is 2.88. The Balaban J connectivity index is 0.000000172. The first kappa shape index (κ1) is 16.0. The Hall–Kier alpha value is -2.37. The molecule has 6 nitrogen and oxygen atoms in total. The molecule has 1 atom stereocenters. The van der Waals surface area contributed by atoms with E-state index in [1.165, 1.54) is 11.3 Å². The van der Waals surface area contributed by atoms with Crippen molar-refractivity contribution in [2.75, 3.05) is 13.1 Å². The second-order valence-electron chi connectivity index (χ2n) is 5.41. The Bertz CT molecular complexity index is 538. The van der Waals surface area contributed by atoms with Crippen LogP contribution in [0.4, 0.5) is 4.79 Å². The van der Waals surface area contributed by atoms with E-state index in [9.17, 15) is 14.4 Å². The number of piperidine rings is 1. The van der Waals surface area contributed by atoms with Crippen molar-refractivity contribution in [3.05, 3.63) is 35.9 Å². The predicted octanol–water partition coefficient (Wildman–Crippen LogP) is 1.97. The third kappa shape index (κ3) is 4.31. The van der Waals surface area contributed by atoms with Gasteiger partial charge in [-0.3, -0.25) is 14.9 Å². The maximum absolute atomic E-state index is 11.3. The van der Waals surface area contributed by atoms with Gasteiger partial charge in [0.05, 0.1) is 5.92 Å². The van der Waals surface area contributed by atoms with E-state index in [0.29, 0.717) is 0 Å². The van der Waals surface area contributed by atoms with Crippen LogP contribution < -0.4 is 5.32 Å². The number of carbonyl (C=O) groups excluding carboxylic acids is 2. The standard InChI is InChI=1S/C10H9NO2.C6H11NO2/c12-9-6-8(10(13)11-9)7-4-2-1-3-5-7;8-6(9)7-4-2-1-3-5-7/h1-5,8H,6H2,(H,11,12,13);1-5H2,(H,8,9). The number of imide groups is 1. The van der Waals surface area contributed by atoms with Gasteiger partial charge in [-0.15, -0.1) is 0 Å². The molecule has 3 rings (SSSR count). The minimum Gasteiger partial charge on any atom is -0.465 e. The van der Waals surface area contributed by atoms with Crippen LogP contribution in [0, 0.1) is 0 Å². The Labute approximate surface area is 129 Å². The summed E-state index contributed by atoms with van der Waals surface area (Å²) in [4.78, 5) is 33.9. The fourth-order valence-electron chi connectivity index (χ4n) is 2.59. The highest BCUT2D eigenvalue weighted by atomic mass is 16.4. The summed E-state index contributed by atoms with van der Waals surface area (Å²) in [6.07, 6.45) is 2.76. The number of amides is 3. The van der Waals surface area contributed by atoms with Crippen molar-refractivity contribution in [3.8, 4) is 0 Å². The molecule has 1 aromatic rings. The summed E-state index contributed by atoms with van der Waals surface area (Å²) in [7, 11) is 0.